The van der Waals surface area contributed by atoms with Crippen molar-refractivity contribution in [3.05, 3.63) is 78.1 Å². The van der Waals surface area contributed by atoms with E-state index in [1.54, 1.807) is 12.4 Å². The maximum Gasteiger partial charge on any atom is 0.251 e. The lowest BCUT2D eigenvalue weighted by Gasteiger charge is -2.06. The highest BCUT2D eigenvalue weighted by atomic mass is 16.1. The number of benzene rings is 2. The SMILES string of the molecule is O=C(NCc1cccnc1)c1ccc2ccccc2c1. The van der Waals surface area contributed by atoms with E-state index in [0.717, 1.165) is 16.3 Å². The molecule has 2 aromatic carbocycles. The van der Waals surface area contributed by atoms with Gasteiger partial charge in [0.05, 0.1) is 0 Å². The number of carbonyl (C=O) groups excluding carboxylic acids is 1. The van der Waals surface area contributed by atoms with Gasteiger partial charge in [0.25, 0.3) is 5.91 Å². The smallest absolute Gasteiger partial charge is 0.251 e. The molecule has 0 aliphatic rings. The number of nitrogens with zero attached hydrogens (tertiary/aromatic N) is 1. The maximum absolute atomic E-state index is 12.1. The van der Waals surface area contributed by atoms with Crippen LogP contribution in [0.3, 0.4) is 0 Å². The first-order valence-corrected chi connectivity index (χ1v) is 6.49. The highest BCUT2D eigenvalue weighted by Crippen LogP contribution is 2.15. The monoisotopic (exact) mass is 262 g/mol. The van der Waals surface area contributed by atoms with Gasteiger partial charge in [-0.3, -0.25) is 9.78 Å². The zero-order valence-electron chi connectivity index (χ0n) is 10.9. The molecule has 0 saturated carbocycles. The third-order valence-corrected chi connectivity index (χ3v) is 3.19. The van der Waals surface area contributed by atoms with Gasteiger partial charge in [-0.05, 0) is 34.5 Å². The highest BCUT2D eigenvalue weighted by Gasteiger charge is 2.05. The van der Waals surface area contributed by atoms with Gasteiger partial charge in [-0.15, -0.1) is 0 Å². The molecule has 0 spiro atoms. The maximum atomic E-state index is 12.1. The quantitative estimate of drug-likeness (QED) is 0.787. The molecule has 1 N–H and O–H groups in total. The van der Waals surface area contributed by atoms with Gasteiger partial charge in [0.1, 0.15) is 0 Å². The predicted octanol–water partition coefficient (Wildman–Crippen LogP) is 3.16. The topological polar surface area (TPSA) is 42.0 Å². The molecule has 98 valence electrons. The van der Waals surface area contributed by atoms with E-state index in [1.165, 1.54) is 0 Å². The Bertz CT molecular complexity index is 738. The fourth-order valence-corrected chi connectivity index (χ4v) is 2.12. The number of fused-ring (bicyclic) bond motifs is 1. The molecule has 1 heterocycles. The van der Waals surface area contributed by atoms with Crippen LogP contribution in [-0.2, 0) is 6.54 Å². The molecule has 0 aliphatic carbocycles. The van der Waals surface area contributed by atoms with Crippen LogP contribution in [0.15, 0.2) is 67.0 Å². The number of nitrogens with one attached hydrogen (secondary N) is 1. The molecule has 0 atom stereocenters. The molecule has 1 amide bonds. The van der Waals surface area contributed by atoms with Gasteiger partial charge < -0.3 is 5.32 Å². The molecule has 3 nitrogen and oxygen atoms in total. The van der Waals surface area contributed by atoms with Crippen LogP contribution in [0.1, 0.15) is 15.9 Å². The summed E-state index contributed by atoms with van der Waals surface area (Å²) in [6.45, 7) is 0.486. The van der Waals surface area contributed by atoms with Gasteiger partial charge in [-0.2, -0.15) is 0 Å². The largest absolute Gasteiger partial charge is 0.348 e. The van der Waals surface area contributed by atoms with Crippen molar-refractivity contribution >= 4 is 16.7 Å². The summed E-state index contributed by atoms with van der Waals surface area (Å²) in [4.78, 5) is 16.2. The van der Waals surface area contributed by atoms with Crippen molar-refractivity contribution < 1.29 is 4.79 Å². The number of pyridine rings is 1. The lowest BCUT2D eigenvalue weighted by molar-refractivity contribution is 0.0951. The Morgan fingerprint density at radius 3 is 2.65 bits per heavy atom. The standard InChI is InChI=1S/C17H14N2O/c20-17(19-12-13-4-3-9-18-11-13)16-8-7-14-5-1-2-6-15(14)10-16/h1-11H,12H2,(H,19,20). The normalized spacial score (nSPS) is 10.4. The molecule has 0 saturated heterocycles. The van der Waals surface area contributed by atoms with E-state index in [0.29, 0.717) is 12.1 Å². The molecule has 20 heavy (non-hydrogen) atoms. The number of rotatable bonds is 3. The molecule has 3 aromatic rings. The molecule has 0 aliphatic heterocycles. The number of hydrogen-bond acceptors (Lipinski definition) is 2. The minimum atomic E-state index is -0.0698. The van der Waals surface area contributed by atoms with Crippen molar-refractivity contribution in [3.63, 3.8) is 0 Å². The summed E-state index contributed by atoms with van der Waals surface area (Å²) >= 11 is 0. The molecule has 0 unspecified atom stereocenters. The highest BCUT2D eigenvalue weighted by molar-refractivity contribution is 5.98. The van der Waals surface area contributed by atoms with Crippen molar-refractivity contribution in [2.24, 2.45) is 0 Å². The van der Waals surface area contributed by atoms with Crippen LogP contribution >= 0.6 is 0 Å². The zero-order chi connectivity index (χ0) is 13.8. The third kappa shape index (κ3) is 2.67. The summed E-state index contributed by atoms with van der Waals surface area (Å²) < 4.78 is 0. The Hall–Kier alpha value is -2.68. The van der Waals surface area contributed by atoms with Crippen molar-refractivity contribution in [3.8, 4) is 0 Å². The Morgan fingerprint density at radius 1 is 1.00 bits per heavy atom. The van der Waals surface area contributed by atoms with Gasteiger partial charge in [-0.1, -0.05) is 36.4 Å². The van der Waals surface area contributed by atoms with Crippen molar-refractivity contribution in [2.75, 3.05) is 0 Å². The Labute approximate surface area is 117 Å². The zero-order valence-corrected chi connectivity index (χ0v) is 10.9. The lowest BCUT2D eigenvalue weighted by atomic mass is 10.1. The van der Waals surface area contributed by atoms with Crippen molar-refractivity contribution in [1.82, 2.24) is 10.3 Å². The van der Waals surface area contributed by atoms with Crippen LogP contribution in [0.2, 0.25) is 0 Å². The first-order valence-electron chi connectivity index (χ1n) is 6.49. The molecular weight excluding hydrogens is 248 g/mol. The third-order valence-electron chi connectivity index (χ3n) is 3.19. The summed E-state index contributed by atoms with van der Waals surface area (Å²) in [5.74, 6) is -0.0698. The number of amides is 1. The predicted molar refractivity (Wildman–Crippen MR) is 79.4 cm³/mol. The van der Waals surface area contributed by atoms with E-state index in [-0.39, 0.29) is 5.91 Å². The number of hydrogen-bond donors (Lipinski definition) is 1. The lowest BCUT2D eigenvalue weighted by Crippen LogP contribution is -2.22. The Kier molecular flexibility index (Phi) is 3.42. The second-order valence-electron chi connectivity index (χ2n) is 4.61. The van der Waals surface area contributed by atoms with Crippen LogP contribution in [0.25, 0.3) is 10.8 Å². The minimum absolute atomic E-state index is 0.0698. The molecule has 1 aromatic heterocycles. The van der Waals surface area contributed by atoms with E-state index in [1.807, 2.05) is 54.6 Å². The van der Waals surface area contributed by atoms with E-state index < -0.39 is 0 Å². The second-order valence-corrected chi connectivity index (χ2v) is 4.61. The van der Waals surface area contributed by atoms with Gasteiger partial charge in [0.15, 0.2) is 0 Å². The van der Waals surface area contributed by atoms with Gasteiger partial charge in [0, 0.05) is 24.5 Å². The summed E-state index contributed by atoms with van der Waals surface area (Å²) in [6, 6.07) is 17.5. The number of carbonyl (C=O) groups is 1. The molecule has 0 bridgehead atoms. The van der Waals surface area contributed by atoms with Gasteiger partial charge >= 0.3 is 0 Å². The minimum Gasteiger partial charge on any atom is -0.348 e. The fraction of sp³-hybridized carbons (Fsp3) is 0.0588. The Morgan fingerprint density at radius 2 is 1.85 bits per heavy atom. The fourth-order valence-electron chi connectivity index (χ4n) is 2.12. The molecule has 0 fully saturated rings. The van der Waals surface area contributed by atoms with Crippen LogP contribution < -0.4 is 5.32 Å². The van der Waals surface area contributed by atoms with E-state index in [9.17, 15) is 4.79 Å². The second kappa shape index (κ2) is 5.53. The van der Waals surface area contributed by atoms with Crippen LogP contribution in [0, 0.1) is 0 Å². The summed E-state index contributed by atoms with van der Waals surface area (Å²) in [7, 11) is 0. The van der Waals surface area contributed by atoms with Crippen LogP contribution in [0.5, 0.6) is 0 Å². The average Bonchev–Trinajstić information content (AvgIpc) is 2.53. The molecule has 3 rings (SSSR count). The summed E-state index contributed by atoms with van der Waals surface area (Å²) in [5, 5.41) is 5.11. The molecule has 0 radical (unpaired) electrons. The Balaban J connectivity index is 1.75. The van der Waals surface area contributed by atoms with Crippen molar-refractivity contribution in [2.45, 2.75) is 6.54 Å². The van der Waals surface area contributed by atoms with Crippen LogP contribution in [-0.4, -0.2) is 10.9 Å². The average molecular weight is 262 g/mol. The molecule has 3 heteroatoms. The first kappa shape index (κ1) is 12.4. The van der Waals surface area contributed by atoms with E-state index >= 15 is 0 Å². The first-order chi connectivity index (χ1) is 9.83. The van der Waals surface area contributed by atoms with Gasteiger partial charge in [0.2, 0.25) is 0 Å². The summed E-state index contributed by atoms with van der Waals surface area (Å²) in [5.41, 5.74) is 1.66. The van der Waals surface area contributed by atoms with Crippen LogP contribution in [0.4, 0.5) is 0 Å². The van der Waals surface area contributed by atoms with Gasteiger partial charge in [-0.25, -0.2) is 0 Å². The number of aromatic nitrogens is 1. The van der Waals surface area contributed by atoms with Crippen molar-refractivity contribution in [1.29, 1.82) is 0 Å². The van der Waals surface area contributed by atoms with E-state index in [2.05, 4.69) is 10.3 Å². The summed E-state index contributed by atoms with van der Waals surface area (Å²) in [6.07, 6.45) is 3.47. The molecular formula is C17H14N2O. The van der Waals surface area contributed by atoms with E-state index in [4.69, 9.17) is 0 Å².